The Morgan fingerprint density at radius 2 is 2.27 bits per heavy atom. The zero-order valence-corrected chi connectivity index (χ0v) is 8.92. The Hall–Kier alpha value is -1.79. The third-order valence-electron chi connectivity index (χ3n) is 2.13. The summed E-state index contributed by atoms with van der Waals surface area (Å²) in [5.74, 6) is 5.62. The van der Waals surface area contributed by atoms with Crippen molar-refractivity contribution in [3.8, 4) is 11.8 Å². The highest BCUT2D eigenvalue weighted by Crippen LogP contribution is 2.12. The highest BCUT2D eigenvalue weighted by molar-refractivity contribution is 5.95. The molecule has 15 heavy (non-hydrogen) atoms. The van der Waals surface area contributed by atoms with Crippen molar-refractivity contribution < 1.29 is 4.79 Å². The van der Waals surface area contributed by atoms with Crippen molar-refractivity contribution in [2.24, 2.45) is 5.73 Å². The molecule has 0 fully saturated rings. The molecule has 0 aliphatic carbocycles. The number of carbonyl (C=O) groups is 1. The first-order valence-electron chi connectivity index (χ1n) is 4.71. The van der Waals surface area contributed by atoms with Crippen LogP contribution in [0.25, 0.3) is 0 Å². The predicted octanol–water partition coefficient (Wildman–Crippen LogP) is 0.665. The van der Waals surface area contributed by atoms with Crippen LogP contribution in [-0.4, -0.2) is 19.5 Å². The molecule has 3 N–H and O–H groups in total. The van der Waals surface area contributed by atoms with E-state index >= 15 is 0 Å². The minimum absolute atomic E-state index is 0.0936. The van der Waals surface area contributed by atoms with E-state index in [2.05, 4.69) is 17.2 Å². The van der Waals surface area contributed by atoms with E-state index < -0.39 is 0 Å². The summed E-state index contributed by atoms with van der Waals surface area (Å²) < 4.78 is 0. The van der Waals surface area contributed by atoms with Crippen molar-refractivity contribution in [2.45, 2.75) is 6.92 Å². The minimum Gasteiger partial charge on any atom is -0.355 e. The fourth-order valence-corrected chi connectivity index (χ4v) is 1.30. The van der Waals surface area contributed by atoms with Crippen molar-refractivity contribution in [2.75, 3.05) is 13.6 Å². The summed E-state index contributed by atoms with van der Waals surface area (Å²) in [6, 6.07) is 5.48. The molecule has 0 aliphatic heterocycles. The second-order valence-corrected chi connectivity index (χ2v) is 3.06. The van der Waals surface area contributed by atoms with Crippen LogP contribution in [0, 0.1) is 18.8 Å². The van der Waals surface area contributed by atoms with Crippen LogP contribution in [0.4, 0.5) is 0 Å². The molecule has 0 radical (unpaired) electrons. The van der Waals surface area contributed by atoms with Crippen molar-refractivity contribution in [1.82, 2.24) is 5.32 Å². The molecule has 0 saturated heterocycles. The molecule has 78 valence electrons. The van der Waals surface area contributed by atoms with Gasteiger partial charge in [-0.05, 0) is 24.6 Å². The maximum atomic E-state index is 11.5. The smallest absolute Gasteiger partial charge is 0.251 e. The molecule has 1 aromatic carbocycles. The molecule has 0 spiro atoms. The molecule has 1 rings (SSSR count). The molecule has 1 aromatic rings. The van der Waals surface area contributed by atoms with Gasteiger partial charge in [0.1, 0.15) is 0 Å². The van der Waals surface area contributed by atoms with Gasteiger partial charge in [0.15, 0.2) is 0 Å². The minimum atomic E-state index is -0.0936. The maximum Gasteiger partial charge on any atom is 0.251 e. The molecule has 0 atom stereocenters. The Labute approximate surface area is 89.7 Å². The molecular weight excluding hydrogens is 188 g/mol. The Bertz CT molecular complexity index is 427. The van der Waals surface area contributed by atoms with E-state index in [0.717, 1.165) is 11.1 Å². The second kappa shape index (κ2) is 5.18. The van der Waals surface area contributed by atoms with Gasteiger partial charge in [-0.2, -0.15) is 0 Å². The zero-order valence-electron chi connectivity index (χ0n) is 8.92. The molecule has 0 heterocycles. The van der Waals surface area contributed by atoms with Crippen LogP contribution >= 0.6 is 0 Å². The maximum absolute atomic E-state index is 11.5. The van der Waals surface area contributed by atoms with Crippen molar-refractivity contribution in [3.63, 3.8) is 0 Å². The van der Waals surface area contributed by atoms with Gasteiger partial charge in [0.2, 0.25) is 0 Å². The summed E-state index contributed by atoms with van der Waals surface area (Å²) in [5.41, 5.74) is 7.69. The van der Waals surface area contributed by atoms with E-state index in [9.17, 15) is 4.79 Å². The molecule has 0 aromatic heterocycles. The average molecular weight is 202 g/mol. The number of hydrogen-bond acceptors (Lipinski definition) is 2. The lowest BCUT2D eigenvalue weighted by Gasteiger charge is -2.05. The number of amides is 1. The average Bonchev–Trinajstić information content (AvgIpc) is 2.27. The number of hydrogen-bond donors (Lipinski definition) is 2. The number of rotatable bonds is 1. The molecule has 0 unspecified atom stereocenters. The lowest BCUT2D eigenvalue weighted by atomic mass is 10.0. The topological polar surface area (TPSA) is 55.1 Å². The highest BCUT2D eigenvalue weighted by atomic mass is 16.1. The standard InChI is InChI=1S/C12H14N2O/c1-9-10(6-4-8-13)5-3-7-11(9)12(15)14-2/h3,5,7H,8,13H2,1-2H3,(H,14,15). The Morgan fingerprint density at radius 3 is 2.87 bits per heavy atom. The lowest BCUT2D eigenvalue weighted by molar-refractivity contribution is 0.0962. The SMILES string of the molecule is CNC(=O)c1cccc(C#CCN)c1C. The summed E-state index contributed by atoms with van der Waals surface area (Å²) >= 11 is 0. The zero-order chi connectivity index (χ0) is 11.3. The summed E-state index contributed by atoms with van der Waals surface area (Å²) in [7, 11) is 1.61. The first-order chi connectivity index (χ1) is 7.20. The molecule has 1 amide bonds. The van der Waals surface area contributed by atoms with Gasteiger partial charge >= 0.3 is 0 Å². The third-order valence-corrected chi connectivity index (χ3v) is 2.13. The molecule has 3 nitrogen and oxygen atoms in total. The van der Waals surface area contributed by atoms with Crippen LogP contribution in [0.2, 0.25) is 0 Å². The highest BCUT2D eigenvalue weighted by Gasteiger charge is 2.08. The summed E-state index contributed by atoms with van der Waals surface area (Å²) in [5, 5.41) is 2.59. The Morgan fingerprint density at radius 1 is 1.53 bits per heavy atom. The fraction of sp³-hybridized carbons (Fsp3) is 0.250. The second-order valence-electron chi connectivity index (χ2n) is 3.06. The van der Waals surface area contributed by atoms with Crippen LogP contribution in [0.5, 0.6) is 0 Å². The van der Waals surface area contributed by atoms with E-state index in [0.29, 0.717) is 12.1 Å². The molecule has 3 heteroatoms. The fourth-order valence-electron chi connectivity index (χ4n) is 1.30. The van der Waals surface area contributed by atoms with E-state index in [1.807, 2.05) is 19.1 Å². The quantitative estimate of drug-likeness (QED) is 0.657. The Balaban J connectivity index is 3.17. The van der Waals surface area contributed by atoms with Gasteiger partial charge in [-0.25, -0.2) is 0 Å². The number of nitrogens with two attached hydrogens (primary N) is 1. The van der Waals surface area contributed by atoms with Crippen LogP contribution < -0.4 is 11.1 Å². The van der Waals surface area contributed by atoms with Crippen LogP contribution in [0.1, 0.15) is 21.5 Å². The first kappa shape index (κ1) is 11.3. The summed E-state index contributed by atoms with van der Waals surface area (Å²) in [4.78, 5) is 11.5. The van der Waals surface area contributed by atoms with E-state index in [1.54, 1.807) is 13.1 Å². The van der Waals surface area contributed by atoms with E-state index in [4.69, 9.17) is 5.73 Å². The van der Waals surface area contributed by atoms with Crippen molar-refractivity contribution in [3.05, 3.63) is 34.9 Å². The lowest BCUT2D eigenvalue weighted by Crippen LogP contribution is -2.19. The normalized spacial score (nSPS) is 9.00. The molecule has 0 aliphatic rings. The third kappa shape index (κ3) is 2.58. The van der Waals surface area contributed by atoms with Gasteiger partial charge in [-0.15, -0.1) is 0 Å². The Kier molecular flexibility index (Phi) is 3.90. The van der Waals surface area contributed by atoms with Gasteiger partial charge in [0.25, 0.3) is 5.91 Å². The van der Waals surface area contributed by atoms with Gasteiger partial charge in [-0.1, -0.05) is 17.9 Å². The first-order valence-corrected chi connectivity index (χ1v) is 4.71. The van der Waals surface area contributed by atoms with Gasteiger partial charge in [0.05, 0.1) is 6.54 Å². The molecule has 0 saturated carbocycles. The molecule has 0 bridgehead atoms. The van der Waals surface area contributed by atoms with Crippen molar-refractivity contribution in [1.29, 1.82) is 0 Å². The summed E-state index contributed by atoms with van der Waals surface area (Å²) in [6.45, 7) is 2.20. The van der Waals surface area contributed by atoms with Gasteiger partial charge in [-0.3, -0.25) is 4.79 Å². The van der Waals surface area contributed by atoms with Crippen LogP contribution in [-0.2, 0) is 0 Å². The van der Waals surface area contributed by atoms with E-state index in [1.165, 1.54) is 0 Å². The van der Waals surface area contributed by atoms with Gasteiger partial charge < -0.3 is 11.1 Å². The predicted molar refractivity (Wildman–Crippen MR) is 60.5 cm³/mol. The van der Waals surface area contributed by atoms with Crippen molar-refractivity contribution >= 4 is 5.91 Å². The van der Waals surface area contributed by atoms with E-state index in [-0.39, 0.29) is 5.91 Å². The molecular formula is C12H14N2O. The van der Waals surface area contributed by atoms with Crippen LogP contribution in [0.15, 0.2) is 18.2 Å². The number of nitrogens with one attached hydrogen (secondary N) is 1. The van der Waals surface area contributed by atoms with Gasteiger partial charge in [0, 0.05) is 18.2 Å². The van der Waals surface area contributed by atoms with Crippen LogP contribution in [0.3, 0.4) is 0 Å². The number of benzene rings is 1. The number of carbonyl (C=O) groups excluding carboxylic acids is 1. The largest absolute Gasteiger partial charge is 0.355 e. The monoisotopic (exact) mass is 202 g/mol. The summed E-state index contributed by atoms with van der Waals surface area (Å²) in [6.07, 6.45) is 0.